The van der Waals surface area contributed by atoms with Crippen molar-refractivity contribution in [1.82, 2.24) is 4.98 Å². The molecular formula is C12H15Cl3N2O. The molecule has 1 aromatic heterocycles. The molecule has 0 saturated carbocycles. The van der Waals surface area contributed by atoms with Gasteiger partial charge in [-0.3, -0.25) is 0 Å². The molecule has 0 aromatic carbocycles. The highest BCUT2D eigenvalue weighted by Gasteiger charge is 2.21. The molecule has 1 aromatic rings. The van der Waals surface area contributed by atoms with E-state index in [9.17, 15) is 0 Å². The van der Waals surface area contributed by atoms with Gasteiger partial charge in [-0.05, 0) is 25.8 Å². The van der Waals surface area contributed by atoms with Crippen molar-refractivity contribution >= 4 is 40.6 Å². The van der Waals surface area contributed by atoms with Crippen molar-refractivity contribution in [2.45, 2.75) is 25.9 Å². The molecule has 0 aliphatic carbocycles. The number of nitrogens with zero attached hydrogens (tertiary/aromatic N) is 2. The van der Waals surface area contributed by atoms with Crippen LogP contribution in [0, 0.1) is 0 Å². The summed E-state index contributed by atoms with van der Waals surface area (Å²) in [5.74, 6) is 0.670. The van der Waals surface area contributed by atoms with Gasteiger partial charge in [0.25, 0.3) is 0 Å². The maximum atomic E-state index is 6.17. The molecule has 2 rings (SSSR count). The zero-order valence-electron chi connectivity index (χ0n) is 10.1. The molecule has 1 aliphatic heterocycles. The molecule has 0 N–H and O–H groups in total. The Kier molecular flexibility index (Phi) is 4.96. The number of ether oxygens (including phenoxy) is 1. The Labute approximate surface area is 122 Å². The predicted octanol–water partition coefficient (Wildman–Crippen LogP) is 4.05. The van der Waals surface area contributed by atoms with E-state index < -0.39 is 0 Å². The average Bonchev–Trinajstić information content (AvgIpc) is 2.84. The van der Waals surface area contributed by atoms with Crippen molar-refractivity contribution in [2.75, 3.05) is 24.6 Å². The fourth-order valence-corrected chi connectivity index (χ4v) is 2.67. The van der Waals surface area contributed by atoms with E-state index in [-0.39, 0.29) is 11.3 Å². The van der Waals surface area contributed by atoms with Gasteiger partial charge in [0.1, 0.15) is 11.0 Å². The molecule has 2 heterocycles. The Morgan fingerprint density at radius 3 is 2.78 bits per heavy atom. The van der Waals surface area contributed by atoms with Crippen molar-refractivity contribution in [3.63, 3.8) is 0 Å². The molecule has 18 heavy (non-hydrogen) atoms. The van der Waals surface area contributed by atoms with Crippen molar-refractivity contribution in [3.05, 3.63) is 21.3 Å². The molecule has 3 nitrogen and oxygen atoms in total. The number of anilines is 1. The first-order valence-corrected chi connectivity index (χ1v) is 7.13. The maximum absolute atomic E-state index is 6.17. The normalized spacial score (nSPS) is 19.2. The first-order chi connectivity index (χ1) is 8.61. The second-order valence-corrected chi connectivity index (χ2v) is 5.41. The fourth-order valence-electron chi connectivity index (χ4n) is 2.06. The lowest BCUT2D eigenvalue weighted by molar-refractivity contribution is 0.115. The summed E-state index contributed by atoms with van der Waals surface area (Å²) in [6, 6.07) is 1.63. The summed E-state index contributed by atoms with van der Waals surface area (Å²) in [6.07, 6.45) is 2.44. The second-order valence-electron chi connectivity index (χ2n) is 4.24. The largest absolute Gasteiger partial charge is 0.376 e. The molecule has 0 bridgehead atoms. The highest BCUT2D eigenvalue weighted by Crippen LogP contribution is 2.31. The van der Waals surface area contributed by atoms with Gasteiger partial charge < -0.3 is 9.64 Å². The summed E-state index contributed by atoms with van der Waals surface area (Å²) < 4.78 is 5.63. The van der Waals surface area contributed by atoms with Crippen LogP contribution in [0.25, 0.3) is 0 Å². The van der Waals surface area contributed by atoms with Gasteiger partial charge in [0, 0.05) is 19.7 Å². The molecule has 1 fully saturated rings. The number of hydrogen-bond acceptors (Lipinski definition) is 3. The molecule has 0 amide bonds. The average molecular weight is 310 g/mol. The van der Waals surface area contributed by atoms with Gasteiger partial charge >= 0.3 is 0 Å². The molecule has 0 radical (unpaired) electrons. The zero-order chi connectivity index (χ0) is 13.1. The lowest BCUT2D eigenvalue weighted by Gasteiger charge is -2.26. The summed E-state index contributed by atoms with van der Waals surface area (Å²) >= 11 is 18.0. The molecular weight excluding hydrogens is 295 g/mol. The SMILES string of the molecule is CCN(CC1CCCO1)c1nc(Cl)c(Cl)cc1Cl. The molecule has 1 saturated heterocycles. The van der Waals surface area contributed by atoms with Gasteiger partial charge in [0.15, 0.2) is 0 Å². The van der Waals surface area contributed by atoms with Crippen LogP contribution in [0.2, 0.25) is 15.2 Å². The monoisotopic (exact) mass is 308 g/mol. The summed E-state index contributed by atoms with van der Waals surface area (Å²) in [5.41, 5.74) is 0. The number of aromatic nitrogens is 1. The van der Waals surface area contributed by atoms with Crippen LogP contribution in [0.3, 0.4) is 0 Å². The lowest BCUT2D eigenvalue weighted by Crippen LogP contribution is -2.32. The molecule has 100 valence electrons. The van der Waals surface area contributed by atoms with E-state index in [4.69, 9.17) is 39.5 Å². The van der Waals surface area contributed by atoms with Crippen LogP contribution in [0.15, 0.2) is 6.07 Å². The number of pyridine rings is 1. The van der Waals surface area contributed by atoms with Crippen molar-refractivity contribution in [2.24, 2.45) is 0 Å². The van der Waals surface area contributed by atoms with Gasteiger partial charge in [0.2, 0.25) is 0 Å². The number of rotatable bonds is 4. The minimum Gasteiger partial charge on any atom is -0.376 e. The van der Waals surface area contributed by atoms with E-state index in [0.29, 0.717) is 15.9 Å². The Morgan fingerprint density at radius 1 is 1.39 bits per heavy atom. The minimum atomic E-state index is 0.247. The maximum Gasteiger partial charge on any atom is 0.150 e. The molecule has 1 aliphatic rings. The number of likely N-dealkylation sites (N-methyl/N-ethyl adjacent to an activating group) is 1. The number of hydrogen-bond donors (Lipinski definition) is 0. The molecule has 0 spiro atoms. The Bertz CT molecular complexity index is 422. The van der Waals surface area contributed by atoms with Crippen LogP contribution < -0.4 is 4.90 Å². The van der Waals surface area contributed by atoms with Crippen molar-refractivity contribution in [3.8, 4) is 0 Å². The fraction of sp³-hybridized carbons (Fsp3) is 0.583. The van der Waals surface area contributed by atoms with Gasteiger partial charge in [-0.2, -0.15) is 0 Å². The lowest BCUT2D eigenvalue weighted by atomic mass is 10.2. The van der Waals surface area contributed by atoms with Gasteiger partial charge in [-0.1, -0.05) is 34.8 Å². The Balaban J connectivity index is 2.18. The highest BCUT2D eigenvalue weighted by atomic mass is 35.5. The smallest absolute Gasteiger partial charge is 0.150 e. The molecule has 1 atom stereocenters. The number of halogens is 3. The first kappa shape index (κ1) is 14.2. The van der Waals surface area contributed by atoms with Crippen LogP contribution in [0.5, 0.6) is 0 Å². The van der Waals surface area contributed by atoms with Crippen LogP contribution in [-0.4, -0.2) is 30.8 Å². The molecule has 1 unspecified atom stereocenters. The van der Waals surface area contributed by atoms with E-state index in [0.717, 1.165) is 32.5 Å². The second kappa shape index (κ2) is 6.29. The predicted molar refractivity (Wildman–Crippen MR) is 76.1 cm³/mol. The third-order valence-corrected chi connectivity index (χ3v) is 3.95. The summed E-state index contributed by atoms with van der Waals surface area (Å²) in [5, 5.41) is 1.17. The van der Waals surface area contributed by atoms with Crippen molar-refractivity contribution < 1.29 is 4.74 Å². The standard InChI is InChI=1S/C12H15Cl3N2O/c1-2-17(7-8-4-3-5-18-8)12-10(14)6-9(13)11(15)16-12/h6,8H,2-5,7H2,1H3. The zero-order valence-corrected chi connectivity index (χ0v) is 12.4. The third-order valence-electron chi connectivity index (χ3n) is 3.00. The van der Waals surface area contributed by atoms with Crippen LogP contribution >= 0.6 is 34.8 Å². The van der Waals surface area contributed by atoms with E-state index >= 15 is 0 Å². The van der Waals surface area contributed by atoms with Crippen LogP contribution in [0.1, 0.15) is 19.8 Å². The highest BCUT2D eigenvalue weighted by molar-refractivity contribution is 6.42. The summed E-state index contributed by atoms with van der Waals surface area (Å²) in [4.78, 5) is 6.33. The van der Waals surface area contributed by atoms with E-state index in [1.807, 2.05) is 0 Å². The van der Waals surface area contributed by atoms with E-state index in [2.05, 4.69) is 16.8 Å². The summed E-state index contributed by atoms with van der Waals surface area (Å²) in [7, 11) is 0. The Hall–Kier alpha value is -0.220. The quantitative estimate of drug-likeness (QED) is 0.785. The van der Waals surface area contributed by atoms with Gasteiger partial charge in [-0.25, -0.2) is 4.98 Å². The first-order valence-electron chi connectivity index (χ1n) is 6.00. The van der Waals surface area contributed by atoms with Gasteiger partial charge in [0.05, 0.1) is 16.1 Å². The minimum absolute atomic E-state index is 0.247. The summed E-state index contributed by atoms with van der Waals surface area (Å²) in [6.45, 7) is 4.46. The topological polar surface area (TPSA) is 25.4 Å². The van der Waals surface area contributed by atoms with Crippen LogP contribution in [-0.2, 0) is 4.74 Å². The van der Waals surface area contributed by atoms with Gasteiger partial charge in [-0.15, -0.1) is 0 Å². The van der Waals surface area contributed by atoms with Crippen molar-refractivity contribution in [1.29, 1.82) is 0 Å². The van der Waals surface area contributed by atoms with E-state index in [1.165, 1.54) is 0 Å². The molecule has 6 heteroatoms. The van der Waals surface area contributed by atoms with E-state index in [1.54, 1.807) is 6.07 Å². The Morgan fingerprint density at radius 2 is 2.17 bits per heavy atom. The third kappa shape index (κ3) is 3.21. The van der Waals surface area contributed by atoms with Crippen LogP contribution in [0.4, 0.5) is 5.82 Å².